The topological polar surface area (TPSA) is 82.2 Å². The molecule has 0 aromatic carbocycles. The largest absolute Gasteiger partial charge is 0.387 e. The number of amides is 2. The van der Waals surface area contributed by atoms with E-state index in [1.807, 2.05) is 6.92 Å². The van der Waals surface area contributed by atoms with Gasteiger partial charge in [-0.05, 0) is 12.8 Å². The Bertz CT molecular complexity index is 261. The van der Waals surface area contributed by atoms with Gasteiger partial charge in [-0.2, -0.15) is 0 Å². The van der Waals surface area contributed by atoms with Gasteiger partial charge in [0.1, 0.15) is 0 Å². The Morgan fingerprint density at radius 3 is 2.62 bits per heavy atom. The molecule has 1 aliphatic carbocycles. The lowest BCUT2D eigenvalue weighted by Crippen LogP contribution is -2.44. The second-order valence-electron chi connectivity index (χ2n) is 4.67. The minimum Gasteiger partial charge on any atom is -0.387 e. The van der Waals surface area contributed by atoms with Gasteiger partial charge in [-0.25, -0.2) is 4.79 Å². The van der Waals surface area contributed by atoms with Gasteiger partial charge in [0.15, 0.2) is 0 Å². The molecule has 5 nitrogen and oxygen atoms in total. The lowest BCUT2D eigenvalue weighted by Gasteiger charge is -2.23. The van der Waals surface area contributed by atoms with Crippen LogP contribution in [0.5, 0.6) is 0 Å². The molecule has 5 heteroatoms. The summed E-state index contributed by atoms with van der Waals surface area (Å²) in [6, 6.07) is 0.280. The maximum atomic E-state index is 11.8. The van der Waals surface area contributed by atoms with Crippen LogP contribution in [0.3, 0.4) is 0 Å². The maximum absolute atomic E-state index is 11.8. The fourth-order valence-electron chi connectivity index (χ4n) is 1.95. The minimum absolute atomic E-state index is 0.0556. The molecule has 0 spiro atoms. The van der Waals surface area contributed by atoms with Gasteiger partial charge in [-0.1, -0.05) is 19.8 Å². The quantitative estimate of drug-likeness (QED) is 0.496. The molecule has 1 fully saturated rings. The Morgan fingerprint density at radius 1 is 1.56 bits per heavy atom. The van der Waals surface area contributed by atoms with E-state index in [2.05, 4.69) is 5.32 Å². The van der Waals surface area contributed by atoms with Crippen molar-refractivity contribution < 1.29 is 4.79 Å². The van der Waals surface area contributed by atoms with Crippen LogP contribution in [0.1, 0.15) is 32.6 Å². The maximum Gasteiger partial charge on any atom is 0.317 e. The van der Waals surface area contributed by atoms with Gasteiger partial charge >= 0.3 is 6.03 Å². The Kier molecular flexibility index (Phi) is 4.58. The van der Waals surface area contributed by atoms with Crippen molar-refractivity contribution in [1.29, 1.82) is 5.41 Å². The number of hydrogen-bond acceptors (Lipinski definition) is 2. The summed E-state index contributed by atoms with van der Waals surface area (Å²) >= 11 is 0. The molecule has 0 bridgehead atoms. The molecule has 4 N–H and O–H groups in total. The summed E-state index contributed by atoms with van der Waals surface area (Å²) in [7, 11) is 1.74. The number of rotatable bonds is 4. The van der Waals surface area contributed by atoms with Gasteiger partial charge < -0.3 is 16.0 Å². The first-order chi connectivity index (χ1) is 7.50. The SMILES string of the molecule is CC(CN(C)C(=O)NC1CCCC1)C(=N)N. The zero-order valence-electron chi connectivity index (χ0n) is 10.1. The summed E-state index contributed by atoms with van der Waals surface area (Å²) in [6.45, 7) is 2.34. The monoisotopic (exact) mass is 226 g/mol. The Labute approximate surface area is 96.9 Å². The number of amidine groups is 1. The first-order valence-corrected chi connectivity index (χ1v) is 5.86. The molecule has 1 atom stereocenters. The van der Waals surface area contributed by atoms with Crippen LogP contribution >= 0.6 is 0 Å². The van der Waals surface area contributed by atoms with E-state index in [-0.39, 0.29) is 17.8 Å². The molecule has 0 radical (unpaired) electrons. The Hall–Kier alpha value is -1.26. The van der Waals surface area contributed by atoms with Gasteiger partial charge in [-0.3, -0.25) is 5.41 Å². The molecule has 16 heavy (non-hydrogen) atoms. The van der Waals surface area contributed by atoms with Crippen molar-refractivity contribution in [2.24, 2.45) is 11.7 Å². The number of nitrogens with two attached hydrogens (primary N) is 1. The average molecular weight is 226 g/mol. The van der Waals surface area contributed by atoms with Crippen LogP contribution in [-0.4, -0.2) is 36.4 Å². The Morgan fingerprint density at radius 2 is 2.12 bits per heavy atom. The second kappa shape index (κ2) is 5.72. The van der Waals surface area contributed by atoms with E-state index in [1.165, 1.54) is 12.8 Å². The van der Waals surface area contributed by atoms with E-state index in [9.17, 15) is 4.79 Å². The Balaban J connectivity index is 2.32. The first-order valence-electron chi connectivity index (χ1n) is 5.86. The average Bonchev–Trinajstić information content (AvgIpc) is 2.69. The number of nitrogens with zero attached hydrogens (tertiary/aromatic N) is 1. The van der Waals surface area contributed by atoms with Crippen molar-refractivity contribution in [3.63, 3.8) is 0 Å². The minimum atomic E-state index is -0.0840. The molecular weight excluding hydrogens is 204 g/mol. The van der Waals surface area contributed by atoms with Gasteiger partial charge in [0.05, 0.1) is 5.84 Å². The lowest BCUT2D eigenvalue weighted by molar-refractivity contribution is 0.202. The van der Waals surface area contributed by atoms with Crippen LogP contribution in [0.2, 0.25) is 0 Å². The fourth-order valence-corrected chi connectivity index (χ4v) is 1.95. The number of carbonyl (C=O) groups is 1. The molecule has 0 saturated heterocycles. The second-order valence-corrected chi connectivity index (χ2v) is 4.67. The standard InChI is InChI=1S/C11H22N4O/c1-8(10(12)13)7-15(2)11(16)14-9-5-3-4-6-9/h8-9H,3-7H2,1-2H3,(H3,12,13)(H,14,16). The van der Waals surface area contributed by atoms with Crippen molar-refractivity contribution in [3.05, 3.63) is 0 Å². The van der Waals surface area contributed by atoms with E-state index < -0.39 is 0 Å². The van der Waals surface area contributed by atoms with E-state index in [4.69, 9.17) is 11.1 Å². The van der Waals surface area contributed by atoms with Crippen LogP contribution in [-0.2, 0) is 0 Å². The van der Waals surface area contributed by atoms with Crippen LogP contribution in [0.4, 0.5) is 4.79 Å². The highest BCUT2D eigenvalue weighted by Crippen LogP contribution is 2.17. The van der Waals surface area contributed by atoms with Crippen LogP contribution in [0.25, 0.3) is 0 Å². The third-order valence-electron chi connectivity index (χ3n) is 3.11. The molecule has 0 aromatic rings. The molecule has 0 aromatic heterocycles. The van der Waals surface area contributed by atoms with Gasteiger partial charge in [0.25, 0.3) is 0 Å². The van der Waals surface area contributed by atoms with E-state index in [1.54, 1.807) is 11.9 Å². The highest BCUT2D eigenvalue weighted by molar-refractivity contribution is 5.80. The number of hydrogen-bond donors (Lipinski definition) is 3. The summed E-state index contributed by atoms with van der Waals surface area (Å²) in [6.07, 6.45) is 4.58. The van der Waals surface area contributed by atoms with Crippen molar-refractivity contribution in [2.45, 2.75) is 38.6 Å². The first kappa shape index (κ1) is 12.8. The third-order valence-corrected chi connectivity index (χ3v) is 3.11. The number of urea groups is 1. The summed E-state index contributed by atoms with van der Waals surface area (Å²) in [5.41, 5.74) is 5.37. The number of nitrogens with one attached hydrogen (secondary N) is 2. The molecule has 2 amide bonds. The predicted molar refractivity (Wildman–Crippen MR) is 64.5 cm³/mol. The molecule has 1 unspecified atom stereocenters. The summed E-state index contributed by atoms with van der Waals surface area (Å²) in [5.74, 6) is 0.0415. The van der Waals surface area contributed by atoms with Crippen LogP contribution in [0, 0.1) is 11.3 Å². The van der Waals surface area contributed by atoms with Crippen molar-refractivity contribution in [3.8, 4) is 0 Å². The smallest absolute Gasteiger partial charge is 0.317 e. The fraction of sp³-hybridized carbons (Fsp3) is 0.818. The molecule has 92 valence electrons. The van der Waals surface area contributed by atoms with Crippen molar-refractivity contribution >= 4 is 11.9 Å². The van der Waals surface area contributed by atoms with E-state index in [0.29, 0.717) is 12.6 Å². The predicted octanol–water partition coefficient (Wildman–Crippen LogP) is 1.14. The highest BCUT2D eigenvalue weighted by atomic mass is 16.2. The van der Waals surface area contributed by atoms with Crippen molar-refractivity contribution in [1.82, 2.24) is 10.2 Å². The van der Waals surface area contributed by atoms with Crippen molar-refractivity contribution in [2.75, 3.05) is 13.6 Å². The molecule has 1 rings (SSSR count). The van der Waals surface area contributed by atoms with E-state index >= 15 is 0 Å². The molecule has 0 heterocycles. The molecule has 0 aliphatic heterocycles. The molecular formula is C11H22N4O. The third kappa shape index (κ3) is 3.72. The normalized spacial score (nSPS) is 18.1. The zero-order chi connectivity index (χ0) is 12.1. The summed E-state index contributed by atoms with van der Waals surface area (Å²) in [4.78, 5) is 13.4. The van der Waals surface area contributed by atoms with E-state index in [0.717, 1.165) is 12.8 Å². The highest BCUT2D eigenvalue weighted by Gasteiger charge is 2.20. The summed E-state index contributed by atoms with van der Waals surface area (Å²) in [5, 5.41) is 10.3. The lowest BCUT2D eigenvalue weighted by atomic mass is 10.1. The van der Waals surface area contributed by atoms with Gasteiger partial charge in [0, 0.05) is 25.6 Å². The van der Waals surface area contributed by atoms with Gasteiger partial charge in [-0.15, -0.1) is 0 Å². The molecule has 1 saturated carbocycles. The zero-order valence-corrected chi connectivity index (χ0v) is 10.1. The summed E-state index contributed by atoms with van der Waals surface area (Å²) < 4.78 is 0. The van der Waals surface area contributed by atoms with Crippen LogP contribution < -0.4 is 11.1 Å². The van der Waals surface area contributed by atoms with Crippen LogP contribution in [0.15, 0.2) is 0 Å². The molecule has 1 aliphatic rings. The number of carbonyl (C=O) groups excluding carboxylic acids is 1. The van der Waals surface area contributed by atoms with Gasteiger partial charge in [0.2, 0.25) is 0 Å².